The number of hydrogen-bond acceptors (Lipinski definition) is 2. The van der Waals surface area contributed by atoms with Gasteiger partial charge in [0.25, 0.3) is 5.91 Å². The predicted molar refractivity (Wildman–Crippen MR) is 88.7 cm³/mol. The highest BCUT2D eigenvalue weighted by Crippen LogP contribution is 2.39. The summed E-state index contributed by atoms with van der Waals surface area (Å²) in [6, 6.07) is 4.07. The van der Waals surface area contributed by atoms with Gasteiger partial charge in [0.05, 0.1) is 10.4 Å². The maximum atomic E-state index is 13.4. The number of rotatable bonds is 3. The van der Waals surface area contributed by atoms with Gasteiger partial charge in [0.15, 0.2) is 0 Å². The lowest BCUT2D eigenvalue weighted by Crippen LogP contribution is -2.40. The van der Waals surface area contributed by atoms with E-state index in [1.165, 1.54) is 23.1 Å². The summed E-state index contributed by atoms with van der Waals surface area (Å²) in [4.78, 5) is 28.9. The fourth-order valence-corrected chi connectivity index (χ4v) is 3.62. The van der Waals surface area contributed by atoms with Crippen LogP contribution in [0.15, 0.2) is 18.2 Å². The van der Waals surface area contributed by atoms with Crippen LogP contribution in [-0.4, -0.2) is 40.0 Å². The van der Waals surface area contributed by atoms with Crippen molar-refractivity contribution in [3.8, 4) is 0 Å². The molecule has 2 aromatic rings. The van der Waals surface area contributed by atoms with Crippen molar-refractivity contribution in [1.29, 1.82) is 0 Å². The van der Waals surface area contributed by atoms with Gasteiger partial charge in [-0.2, -0.15) is 0 Å². The summed E-state index contributed by atoms with van der Waals surface area (Å²) >= 11 is 6.24. The zero-order valence-electron chi connectivity index (χ0n) is 13.4. The van der Waals surface area contributed by atoms with Gasteiger partial charge in [0.2, 0.25) is 0 Å². The lowest BCUT2D eigenvalue weighted by atomic mass is 9.76. The van der Waals surface area contributed by atoms with Gasteiger partial charge in [0, 0.05) is 24.0 Å². The average Bonchev–Trinajstić information content (AvgIpc) is 3.10. The van der Waals surface area contributed by atoms with Crippen molar-refractivity contribution >= 4 is 34.4 Å². The normalized spacial score (nSPS) is 21.0. The minimum absolute atomic E-state index is 0.0971. The van der Waals surface area contributed by atoms with Gasteiger partial charge in [-0.05, 0) is 30.5 Å². The van der Waals surface area contributed by atoms with E-state index >= 15 is 0 Å². The van der Waals surface area contributed by atoms with Crippen LogP contribution in [-0.2, 0) is 4.79 Å². The Labute approximate surface area is 143 Å². The minimum Gasteiger partial charge on any atom is -0.481 e. The first-order valence-corrected chi connectivity index (χ1v) is 8.13. The molecule has 128 valence electrons. The van der Waals surface area contributed by atoms with Gasteiger partial charge in [0.1, 0.15) is 11.5 Å². The minimum atomic E-state index is -0.944. The van der Waals surface area contributed by atoms with Crippen molar-refractivity contribution in [3.63, 3.8) is 0 Å². The molecule has 0 radical (unpaired) electrons. The monoisotopic (exact) mass is 352 g/mol. The van der Waals surface area contributed by atoms with Crippen molar-refractivity contribution in [2.75, 3.05) is 13.1 Å². The maximum absolute atomic E-state index is 13.4. The second-order valence-corrected chi connectivity index (χ2v) is 6.97. The molecule has 1 saturated heterocycles. The van der Waals surface area contributed by atoms with Crippen molar-refractivity contribution in [3.05, 3.63) is 34.7 Å². The molecule has 1 amide bonds. The van der Waals surface area contributed by atoms with Gasteiger partial charge < -0.3 is 15.0 Å². The fraction of sp³-hybridized carbons (Fsp3) is 0.412. The van der Waals surface area contributed by atoms with E-state index in [0.717, 1.165) is 0 Å². The maximum Gasteiger partial charge on any atom is 0.311 e. The third-order valence-electron chi connectivity index (χ3n) is 5.03. The summed E-state index contributed by atoms with van der Waals surface area (Å²) in [5, 5.41) is 10.2. The molecule has 7 heteroatoms. The third-order valence-corrected chi connectivity index (χ3v) is 5.42. The standard InChI is InChI=1S/C17H18ClFN2O3/c1-9(2)17(16(23)24)5-6-21(8-17)15(22)14-13(18)11-7-10(19)3-4-12(11)20-14/h3-4,7,9,20H,5-6,8H2,1-2H3,(H,23,24). The van der Waals surface area contributed by atoms with Crippen LogP contribution >= 0.6 is 11.6 Å². The number of benzene rings is 1. The van der Waals surface area contributed by atoms with Crippen LogP contribution in [0.5, 0.6) is 0 Å². The van der Waals surface area contributed by atoms with E-state index in [1.54, 1.807) is 0 Å². The number of halogens is 2. The molecule has 0 spiro atoms. The Balaban J connectivity index is 1.93. The van der Waals surface area contributed by atoms with E-state index in [9.17, 15) is 19.1 Å². The Bertz CT molecular complexity index is 833. The van der Waals surface area contributed by atoms with E-state index in [0.29, 0.717) is 23.9 Å². The molecule has 3 rings (SSSR count). The highest BCUT2D eigenvalue weighted by atomic mass is 35.5. The number of carbonyl (C=O) groups is 2. The Morgan fingerprint density at radius 1 is 1.42 bits per heavy atom. The largest absolute Gasteiger partial charge is 0.481 e. The first kappa shape index (κ1) is 16.8. The number of aromatic amines is 1. The predicted octanol–water partition coefficient (Wildman–Crippen LogP) is 3.53. The van der Waals surface area contributed by atoms with Crippen LogP contribution in [0.1, 0.15) is 30.8 Å². The Morgan fingerprint density at radius 2 is 2.12 bits per heavy atom. The first-order valence-electron chi connectivity index (χ1n) is 7.75. The number of hydrogen-bond donors (Lipinski definition) is 2. The number of carboxylic acids is 1. The van der Waals surface area contributed by atoms with Crippen molar-refractivity contribution in [1.82, 2.24) is 9.88 Å². The van der Waals surface area contributed by atoms with E-state index in [1.807, 2.05) is 13.8 Å². The highest BCUT2D eigenvalue weighted by molar-refractivity contribution is 6.38. The van der Waals surface area contributed by atoms with Crippen LogP contribution in [0.4, 0.5) is 4.39 Å². The van der Waals surface area contributed by atoms with E-state index in [-0.39, 0.29) is 29.1 Å². The zero-order chi connectivity index (χ0) is 17.6. The van der Waals surface area contributed by atoms with Crippen LogP contribution < -0.4 is 0 Å². The molecule has 1 unspecified atom stereocenters. The van der Waals surface area contributed by atoms with Crippen LogP contribution in [0.25, 0.3) is 10.9 Å². The summed E-state index contributed by atoms with van der Waals surface area (Å²) in [7, 11) is 0. The van der Waals surface area contributed by atoms with Crippen LogP contribution in [0, 0.1) is 17.2 Å². The van der Waals surface area contributed by atoms with Crippen LogP contribution in [0.2, 0.25) is 5.02 Å². The summed E-state index contributed by atoms with van der Waals surface area (Å²) in [5.41, 5.74) is -0.209. The van der Waals surface area contributed by atoms with Crippen LogP contribution in [0.3, 0.4) is 0 Å². The molecule has 2 N–H and O–H groups in total. The smallest absolute Gasteiger partial charge is 0.311 e. The van der Waals surface area contributed by atoms with Gasteiger partial charge in [-0.1, -0.05) is 25.4 Å². The molecule has 1 aromatic carbocycles. The molecule has 24 heavy (non-hydrogen) atoms. The Hall–Kier alpha value is -2.08. The topological polar surface area (TPSA) is 73.4 Å². The van der Waals surface area contributed by atoms with Gasteiger partial charge >= 0.3 is 5.97 Å². The Kier molecular flexibility index (Phi) is 4.03. The number of H-pyrrole nitrogens is 1. The van der Waals surface area contributed by atoms with E-state index in [2.05, 4.69) is 4.98 Å². The van der Waals surface area contributed by atoms with Gasteiger partial charge in [-0.25, -0.2) is 4.39 Å². The Morgan fingerprint density at radius 3 is 2.71 bits per heavy atom. The fourth-order valence-electron chi connectivity index (χ4n) is 3.34. The van der Waals surface area contributed by atoms with Gasteiger partial charge in [-0.15, -0.1) is 0 Å². The number of aromatic nitrogens is 1. The SMILES string of the molecule is CC(C)C1(C(=O)O)CCN(C(=O)c2[nH]c3ccc(F)cc3c2Cl)C1. The molecule has 0 bridgehead atoms. The molecule has 1 aromatic heterocycles. The average molecular weight is 353 g/mol. The van der Waals surface area contributed by atoms with E-state index < -0.39 is 17.2 Å². The molecule has 1 atom stereocenters. The number of amides is 1. The molecular formula is C17H18ClFN2O3. The van der Waals surface area contributed by atoms with Crippen molar-refractivity contribution in [2.24, 2.45) is 11.3 Å². The summed E-state index contributed by atoms with van der Waals surface area (Å²) in [6.45, 7) is 4.18. The quantitative estimate of drug-likeness (QED) is 0.887. The number of carboxylic acid groups (broad SMARTS) is 1. The lowest BCUT2D eigenvalue weighted by molar-refractivity contribution is -0.150. The van der Waals surface area contributed by atoms with E-state index in [4.69, 9.17) is 11.6 Å². The number of aliphatic carboxylic acids is 1. The molecular weight excluding hydrogens is 335 g/mol. The highest BCUT2D eigenvalue weighted by Gasteiger charge is 2.48. The van der Waals surface area contributed by atoms with Crippen molar-refractivity contribution in [2.45, 2.75) is 20.3 Å². The summed E-state index contributed by atoms with van der Waals surface area (Å²) in [6.07, 6.45) is 0.401. The molecule has 1 aliphatic rings. The summed E-state index contributed by atoms with van der Waals surface area (Å²) in [5.74, 6) is -1.79. The molecule has 0 saturated carbocycles. The lowest BCUT2D eigenvalue weighted by Gasteiger charge is -2.28. The number of likely N-dealkylation sites (tertiary alicyclic amines) is 1. The number of nitrogens with zero attached hydrogens (tertiary/aromatic N) is 1. The molecule has 1 fully saturated rings. The third kappa shape index (κ3) is 2.45. The molecule has 1 aliphatic heterocycles. The molecule has 2 heterocycles. The molecule has 5 nitrogen and oxygen atoms in total. The number of nitrogens with one attached hydrogen (secondary N) is 1. The second kappa shape index (κ2) is 5.77. The number of fused-ring (bicyclic) bond motifs is 1. The second-order valence-electron chi connectivity index (χ2n) is 6.60. The molecule has 0 aliphatic carbocycles. The van der Waals surface area contributed by atoms with Gasteiger partial charge in [-0.3, -0.25) is 9.59 Å². The zero-order valence-corrected chi connectivity index (χ0v) is 14.2. The van der Waals surface area contributed by atoms with Crippen molar-refractivity contribution < 1.29 is 19.1 Å². The first-order chi connectivity index (χ1) is 11.3. The summed E-state index contributed by atoms with van der Waals surface area (Å²) < 4.78 is 13.4. The number of carbonyl (C=O) groups excluding carboxylic acids is 1.